The highest BCUT2D eigenvalue weighted by Crippen LogP contribution is 2.78. The van der Waals surface area contributed by atoms with Crippen molar-refractivity contribution in [3.8, 4) is 0 Å². The van der Waals surface area contributed by atoms with Crippen molar-refractivity contribution in [1.29, 1.82) is 0 Å². The minimum absolute atomic E-state index is 0.0356. The number of benzene rings is 2. The van der Waals surface area contributed by atoms with Gasteiger partial charge in [-0.1, -0.05) is 128 Å². The molecule has 0 aromatic heterocycles. The number of carbonyl (C=O) groups excluding carboxylic acids is 6. The summed E-state index contributed by atoms with van der Waals surface area (Å²) in [6.07, 6.45) is 20.1. The first kappa shape index (κ1) is 60.9. The molecule has 4 fully saturated rings. The van der Waals surface area contributed by atoms with E-state index in [1.807, 2.05) is 24.3 Å². The summed E-state index contributed by atoms with van der Waals surface area (Å²) in [6.45, 7) is 12.4. The average molecular weight is 1100 g/mol. The Morgan fingerprint density at radius 3 is 1.88 bits per heavy atom. The van der Waals surface area contributed by atoms with Crippen molar-refractivity contribution in [2.45, 2.75) is 179 Å². The van der Waals surface area contributed by atoms with E-state index in [9.17, 15) is 39.3 Å². The zero-order valence-corrected chi connectivity index (χ0v) is 47.3. The van der Waals surface area contributed by atoms with Crippen LogP contribution in [0.2, 0.25) is 0 Å². The Hall–Kier alpha value is -6.72. The normalized spacial score (nSPS) is 30.6. The largest absolute Gasteiger partial charge is 0.455 e. The van der Waals surface area contributed by atoms with Gasteiger partial charge in [-0.2, -0.15) is 0 Å². The summed E-state index contributed by atoms with van der Waals surface area (Å²) in [6, 6.07) is 14.7. The number of amides is 1. The van der Waals surface area contributed by atoms with Gasteiger partial charge in [0.05, 0.1) is 41.1 Å². The van der Waals surface area contributed by atoms with Gasteiger partial charge in [0.25, 0.3) is 0 Å². The summed E-state index contributed by atoms with van der Waals surface area (Å²) in [4.78, 5) is 85.6. The zero-order valence-electron chi connectivity index (χ0n) is 47.3. The number of ketones is 1. The fourth-order valence-electron chi connectivity index (χ4n) is 12.5. The molecular formula is C64H79NO15. The number of ether oxygens (including phenoxy) is 6. The van der Waals surface area contributed by atoms with Gasteiger partial charge in [-0.15, -0.1) is 0 Å². The van der Waals surface area contributed by atoms with E-state index in [1.165, 1.54) is 26.0 Å². The topological polar surface area (TPSA) is 231 Å². The third-order valence-electron chi connectivity index (χ3n) is 16.5. The second-order valence-corrected chi connectivity index (χ2v) is 22.7. The summed E-state index contributed by atoms with van der Waals surface area (Å²) in [5.74, 6) is -6.16. The lowest BCUT2D eigenvalue weighted by Crippen LogP contribution is -2.90. The van der Waals surface area contributed by atoms with Gasteiger partial charge in [-0.05, 0) is 115 Å². The van der Waals surface area contributed by atoms with Crippen LogP contribution in [0, 0.1) is 16.7 Å². The van der Waals surface area contributed by atoms with E-state index < -0.39 is 118 Å². The van der Waals surface area contributed by atoms with Crippen LogP contribution in [-0.2, 0) is 47.6 Å². The van der Waals surface area contributed by atoms with E-state index in [-0.39, 0.29) is 42.6 Å². The molecule has 4 N–H and O–H groups in total. The average Bonchev–Trinajstić information content (AvgIpc) is 3.41. The predicted octanol–water partition coefficient (Wildman–Crippen LogP) is 9.65. The molecule has 12 atom stereocenters. The Morgan fingerprint density at radius 2 is 1.35 bits per heavy atom. The minimum Gasteiger partial charge on any atom is -0.455 e. The molecule has 80 heavy (non-hydrogen) atoms. The number of hydrogen-bond acceptors (Lipinski definition) is 15. The Balaban J connectivity index is 1.18. The van der Waals surface area contributed by atoms with Gasteiger partial charge in [0.1, 0.15) is 29.0 Å². The molecule has 1 aliphatic heterocycles. The van der Waals surface area contributed by atoms with E-state index in [1.54, 1.807) is 76.2 Å². The first-order chi connectivity index (χ1) is 38.0. The summed E-state index contributed by atoms with van der Waals surface area (Å²) in [5.41, 5.74) is -10.4. The number of aliphatic hydroxyl groups excluding tert-OH is 2. The van der Waals surface area contributed by atoms with Crippen molar-refractivity contribution in [2.24, 2.45) is 16.7 Å². The molecule has 7 rings (SSSR count). The van der Waals surface area contributed by atoms with Crippen molar-refractivity contribution in [2.75, 3.05) is 6.61 Å². The number of allylic oxidation sites excluding steroid dienone is 12. The molecule has 16 nitrogen and oxygen atoms in total. The maximum absolute atomic E-state index is 15.9. The summed E-state index contributed by atoms with van der Waals surface area (Å²) >= 11 is 0. The molecule has 2 aromatic rings. The molecule has 0 bridgehead atoms. The van der Waals surface area contributed by atoms with Gasteiger partial charge in [-0.25, -0.2) is 14.4 Å². The number of Topliss-reactive ketones (excluding diaryl/α,β-unsaturated/α-hetero) is 1. The summed E-state index contributed by atoms with van der Waals surface area (Å²) in [7, 11) is 0. The number of alkyl carbamates (subject to hydrolysis) is 1. The van der Waals surface area contributed by atoms with Crippen LogP contribution in [-0.4, -0.2) is 111 Å². The molecular weight excluding hydrogens is 1020 g/mol. The van der Waals surface area contributed by atoms with Crippen molar-refractivity contribution in [1.82, 2.24) is 5.32 Å². The van der Waals surface area contributed by atoms with E-state index in [4.69, 9.17) is 28.4 Å². The summed E-state index contributed by atoms with van der Waals surface area (Å²) in [5, 5.41) is 40.6. The maximum atomic E-state index is 15.9. The fourth-order valence-corrected chi connectivity index (χ4v) is 12.5. The Bertz CT molecular complexity index is 2810. The number of carbonyl (C=O) groups is 6. The quantitative estimate of drug-likeness (QED) is 0.0461. The molecule has 0 spiro atoms. The molecule has 3 saturated carbocycles. The van der Waals surface area contributed by atoms with Crippen LogP contribution >= 0.6 is 0 Å². The molecule has 1 heterocycles. The molecule has 1 saturated heterocycles. The number of hydrogen-bond donors (Lipinski definition) is 4. The maximum Gasteiger partial charge on any atom is 0.408 e. The zero-order chi connectivity index (χ0) is 58.1. The van der Waals surface area contributed by atoms with Crippen molar-refractivity contribution in [3.05, 3.63) is 156 Å². The lowest BCUT2D eigenvalue weighted by molar-refractivity contribution is -0.376. The van der Waals surface area contributed by atoms with Gasteiger partial charge < -0.3 is 49.1 Å². The Labute approximate surface area is 469 Å². The van der Waals surface area contributed by atoms with Gasteiger partial charge in [-0.3, -0.25) is 14.4 Å². The van der Waals surface area contributed by atoms with E-state index >= 15 is 4.79 Å². The molecule has 1 amide bonds. The molecule has 16 heteroatoms. The van der Waals surface area contributed by atoms with Gasteiger partial charge in [0.2, 0.25) is 0 Å². The van der Waals surface area contributed by atoms with Crippen LogP contribution in [0.3, 0.4) is 0 Å². The third-order valence-corrected chi connectivity index (χ3v) is 16.5. The van der Waals surface area contributed by atoms with Crippen LogP contribution in [0.15, 0.2) is 145 Å². The van der Waals surface area contributed by atoms with Crippen LogP contribution in [0.4, 0.5) is 4.79 Å². The number of nitrogens with one attached hydrogen (secondary N) is 1. The third kappa shape index (κ3) is 12.0. The summed E-state index contributed by atoms with van der Waals surface area (Å²) < 4.78 is 36.7. The minimum atomic E-state index is -2.35. The van der Waals surface area contributed by atoms with Gasteiger partial charge >= 0.3 is 30.0 Å². The van der Waals surface area contributed by atoms with E-state index in [0.29, 0.717) is 12.0 Å². The molecule has 430 valence electrons. The Kier molecular flexibility index (Phi) is 19.3. The van der Waals surface area contributed by atoms with Crippen LogP contribution in [0.1, 0.15) is 142 Å². The monoisotopic (exact) mass is 1100 g/mol. The number of esters is 4. The first-order valence-electron chi connectivity index (χ1n) is 27.8. The Morgan fingerprint density at radius 1 is 0.800 bits per heavy atom. The van der Waals surface area contributed by atoms with Crippen LogP contribution in [0.25, 0.3) is 0 Å². The van der Waals surface area contributed by atoms with Crippen molar-refractivity contribution in [3.63, 3.8) is 0 Å². The van der Waals surface area contributed by atoms with Crippen LogP contribution in [0.5, 0.6) is 0 Å². The lowest BCUT2D eigenvalue weighted by atomic mass is 9.30. The van der Waals surface area contributed by atoms with E-state index in [2.05, 4.69) is 60.8 Å². The molecule has 2 aromatic carbocycles. The molecule has 0 radical (unpaired) electrons. The molecule has 5 aliphatic rings. The predicted molar refractivity (Wildman–Crippen MR) is 298 cm³/mol. The number of rotatable bonds is 23. The SMILES string of the molecule is CC/C=C\C/C=C\C/C=C\C/C=C\C/C=C\C/C=C\CCC(=O)O[C@H]1C(=O)[C@@]2(C)[C@H]([C@H](OC(=O)c3ccccc3)[C@]3(O)CC4(OC(=O)[C@H](O)C(NC(=O)OC(C)(C)C)c5ccccc5)C(C)=C1[C@@]43C)[C@]1(OC(C)=O)CO[C@@H]1C[C@@H]2O. The highest BCUT2D eigenvalue weighted by Gasteiger charge is 2.90. The van der Waals surface area contributed by atoms with Crippen molar-refractivity contribution < 1.29 is 72.5 Å². The van der Waals surface area contributed by atoms with Crippen LogP contribution < -0.4 is 5.32 Å². The number of fused-ring (bicyclic) bond motifs is 3. The highest BCUT2D eigenvalue weighted by atomic mass is 16.6. The van der Waals surface area contributed by atoms with Crippen molar-refractivity contribution >= 4 is 35.8 Å². The van der Waals surface area contributed by atoms with Gasteiger partial charge in [0, 0.05) is 26.2 Å². The molecule has 4 aliphatic carbocycles. The first-order valence-corrected chi connectivity index (χ1v) is 27.8. The smallest absolute Gasteiger partial charge is 0.408 e. The van der Waals surface area contributed by atoms with E-state index in [0.717, 1.165) is 39.0 Å². The standard InChI is InChI=1S/C64H79NO15/c1-9-10-11-12-13-14-15-16-17-18-19-20-21-22-23-24-25-26-33-38-48(68)76-52-49-42(2)64(79-57(72)51(69)50(44-34-29-27-30-35-44)65-58(73)80-59(4,5)6)40-63(74,61(49,64)8)55(77-56(71)45-36-31-28-32-37-45)53-60(7,54(52)70)46(67)39-47-62(53,41-75-47)78-43(3)66/h10-11,13-14,16-17,19-20,22-23,25-32,34-37,46-47,50-53,55,67,69,74H,9,12,15,18,21,24,33,38-41H2,1-8H3,(H,65,73)/b11-10-,14-13-,17-16-,20-19-,23-22-,26-25-/t46-,47+,50?,51+,52+,53-,55-,60+,61+,62-,63+,64?/m0/s1. The fraction of sp³-hybridized carbons (Fsp3) is 0.500. The second-order valence-electron chi connectivity index (χ2n) is 22.7. The highest BCUT2D eigenvalue weighted by molar-refractivity contribution is 5.97. The molecule has 2 unspecified atom stereocenters. The number of aliphatic hydroxyl groups is 3. The van der Waals surface area contributed by atoms with Gasteiger partial charge in [0.15, 0.2) is 23.6 Å². The second kappa shape index (κ2) is 25.4. The lowest BCUT2D eigenvalue weighted by Gasteiger charge is -2.78.